The van der Waals surface area contributed by atoms with Crippen LogP contribution in [0.4, 0.5) is 0 Å². The molecule has 1 N–H and O–H groups in total. The molecular weight excluding hydrogens is 266 g/mol. The van der Waals surface area contributed by atoms with Crippen molar-refractivity contribution in [2.24, 2.45) is 5.92 Å². The number of aromatic nitrogens is 1. The molecule has 114 valence electrons. The standard InChI is InChI=1S/C16H29N3S/c1-3-4-8-17-12-15-13-18-16(20-15)7-11-19-9-5-14(2)6-10-19/h13-14,17H,3-12H2,1-2H3. The first-order valence-corrected chi connectivity index (χ1v) is 8.96. The summed E-state index contributed by atoms with van der Waals surface area (Å²) in [7, 11) is 0. The van der Waals surface area contributed by atoms with E-state index in [1.54, 1.807) is 0 Å². The summed E-state index contributed by atoms with van der Waals surface area (Å²) in [5.41, 5.74) is 0. The number of piperidine rings is 1. The average Bonchev–Trinajstić information content (AvgIpc) is 2.91. The van der Waals surface area contributed by atoms with Gasteiger partial charge in [0.1, 0.15) is 0 Å². The first kappa shape index (κ1) is 15.9. The van der Waals surface area contributed by atoms with Crippen LogP contribution in [0.1, 0.15) is 49.4 Å². The molecule has 0 aromatic carbocycles. The summed E-state index contributed by atoms with van der Waals surface area (Å²) >= 11 is 1.88. The number of nitrogens with one attached hydrogen (secondary N) is 1. The first-order chi connectivity index (χ1) is 9.78. The topological polar surface area (TPSA) is 28.2 Å². The second kappa shape index (κ2) is 8.75. The molecule has 3 nitrogen and oxygen atoms in total. The van der Waals surface area contributed by atoms with Crippen LogP contribution in [0.3, 0.4) is 0 Å². The van der Waals surface area contributed by atoms with E-state index in [9.17, 15) is 0 Å². The fraction of sp³-hybridized carbons (Fsp3) is 0.812. The lowest BCUT2D eigenvalue weighted by Crippen LogP contribution is -2.34. The smallest absolute Gasteiger partial charge is 0.0940 e. The van der Waals surface area contributed by atoms with E-state index in [1.165, 1.54) is 55.2 Å². The molecule has 0 atom stereocenters. The Labute approximate surface area is 127 Å². The molecule has 20 heavy (non-hydrogen) atoms. The van der Waals surface area contributed by atoms with Crippen molar-refractivity contribution in [2.75, 3.05) is 26.2 Å². The fourth-order valence-electron chi connectivity index (χ4n) is 2.60. The summed E-state index contributed by atoms with van der Waals surface area (Å²) in [5.74, 6) is 0.923. The Morgan fingerprint density at radius 1 is 1.40 bits per heavy atom. The maximum absolute atomic E-state index is 4.57. The van der Waals surface area contributed by atoms with Gasteiger partial charge in [-0.1, -0.05) is 20.3 Å². The molecule has 1 fully saturated rings. The van der Waals surface area contributed by atoms with Crippen LogP contribution in [0.15, 0.2) is 6.20 Å². The van der Waals surface area contributed by atoms with E-state index in [4.69, 9.17) is 0 Å². The van der Waals surface area contributed by atoms with Crippen molar-refractivity contribution in [3.05, 3.63) is 16.1 Å². The van der Waals surface area contributed by atoms with E-state index in [2.05, 4.69) is 35.2 Å². The zero-order valence-corrected chi connectivity index (χ0v) is 13.8. The van der Waals surface area contributed by atoms with E-state index in [-0.39, 0.29) is 0 Å². The average molecular weight is 295 g/mol. The number of likely N-dealkylation sites (tertiary alicyclic amines) is 1. The lowest BCUT2D eigenvalue weighted by atomic mass is 9.99. The molecule has 0 bridgehead atoms. The molecule has 0 unspecified atom stereocenters. The van der Waals surface area contributed by atoms with Crippen molar-refractivity contribution in [1.29, 1.82) is 0 Å². The molecule has 0 amide bonds. The van der Waals surface area contributed by atoms with Crippen LogP contribution in [-0.2, 0) is 13.0 Å². The Morgan fingerprint density at radius 2 is 2.20 bits per heavy atom. The highest BCUT2D eigenvalue weighted by Gasteiger charge is 2.15. The van der Waals surface area contributed by atoms with Gasteiger partial charge in [0.05, 0.1) is 5.01 Å². The predicted molar refractivity (Wildman–Crippen MR) is 87.3 cm³/mol. The van der Waals surface area contributed by atoms with Gasteiger partial charge in [-0.15, -0.1) is 11.3 Å². The van der Waals surface area contributed by atoms with Gasteiger partial charge in [-0.3, -0.25) is 0 Å². The fourth-order valence-corrected chi connectivity index (χ4v) is 3.48. The van der Waals surface area contributed by atoms with Crippen molar-refractivity contribution in [1.82, 2.24) is 15.2 Å². The lowest BCUT2D eigenvalue weighted by Gasteiger charge is -2.29. The molecule has 0 radical (unpaired) electrons. The summed E-state index contributed by atoms with van der Waals surface area (Å²) in [6, 6.07) is 0. The molecule has 1 aromatic rings. The number of thiazole rings is 1. The van der Waals surface area contributed by atoms with E-state index >= 15 is 0 Å². The SMILES string of the molecule is CCCCNCc1cnc(CCN2CCC(C)CC2)s1. The molecule has 4 heteroatoms. The van der Waals surface area contributed by atoms with Gasteiger partial charge in [-0.25, -0.2) is 4.98 Å². The van der Waals surface area contributed by atoms with E-state index in [0.29, 0.717) is 0 Å². The molecular formula is C16H29N3S. The molecule has 2 rings (SSSR count). The van der Waals surface area contributed by atoms with Crippen LogP contribution in [0, 0.1) is 5.92 Å². The van der Waals surface area contributed by atoms with E-state index < -0.39 is 0 Å². The summed E-state index contributed by atoms with van der Waals surface area (Å²) in [5, 5.41) is 4.79. The molecule has 0 spiro atoms. The Kier molecular flexibility index (Phi) is 6.97. The largest absolute Gasteiger partial charge is 0.312 e. The third-order valence-electron chi connectivity index (χ3n) is 4.13. The highest BCUT2D eigenvalue weighted by atomic mass is 32.1. The van der Waals surface area contributed by atoms with Crippen molar-refractivity contribution in [3.63, 3.8) is 0 Å². The minimum Gasteiger partial charge on any atom is -0.312 e. The van der Waals surface area contributed by atoms with Gasteiger partial charge in [0.15, 0.2) is 0 Å². The number of hydrogen-bond donors (Lipinski definition) is 1. The monoisotopic (exact) mass is 295 g/mol. The summed E-state index contributed by atoms with van der Waals surface area (Å²) in [6.07, 6.45) is 8.43. The minimum atomic E-state index is 0.923. The minimum absolute atomic E-state index is 0.923. The molecule has 0 saturated carbocycles. The predicted octanol–water partition coefficient (Wildman–Crippen LogP) is 3.31. The van der Waals surface area contributed by atoms with Crippen LogP contribution in [0.5, 0.6) is 0 Å². The quantitative estimate of drug-likeness (QED) is 0.746. The number of rotatable bonds is 8. The van der Waals surface area contributed by atoms with E-state index in [0.717, 1.165) is 25.4 Å². The Morgan fingerprint density at radius 3 is 2.95 bits per heavy atom. The second-order valence-corrected chi connectivity index (χ2v) is 7.22. The van der Waals surface area contributed by atoms with E-state index in [1.807, 2.05) is 11.3 Å². The van der Waals surface area contributed by atoms with Crippen LogP contribution >= 0.6 is 11.3 Å². The molecule has 1 aromatic heterocycles. The van der Waals surface area contributed by atoms with Gasteiger partial charge in [0.2, 0.25) is 0 Å². The van der Waals surface area contributed by atoms with Gasteiger partial charge in [0.25, 0.3) is 0 Å². The van der Waals surface area contributed by atoms with Gasteiger partial charge < -0.3 is 10.2 Å². The Bertz CT molecular complexity index is 370. The molecule has 1 saturated heterocycles. The zero-order chi connectivity index (χ0) is 14.2. The highest BCUT2D eigenvalue weighted by molar-refractivity contribution is 7.11. The van der Waals surface area contributed by atoms with Crippen LogP contribution in [-0.4, -0.2) is 36.1 Å². The first-order valence-electron chi connectivity index (χ1n) is 8.14. The normalized spacial score (nSPS) is 17.7. The summed E-state index contributed by atoms with van der Waals surface area (Å²) < 4.78 is 0. The number of unbranched alkanes of at least 4 members (excludes halogenated alkanes) is 1. The third-order valence-corrected chi connectivity index (χ3v) is 5.18. The summed E-state index contributed by atoms with van der Waals surface area (Å²) in [6.45, 7) is 10.4. The Hall–Kier alpha value is -0.450. The number of hydrogen-bond acceptors (Lipinski definition) is 4. The third kappa shape index (κ3) is 5.51. The molecule has 1 aliphatic rings. The van der Waals surface area contributed by atoms with Gasteiger partial charge >= 0.3 is 0 Å². The Balaban J connectivity index is 1.65. The van der Waals surface area contributed by atoms with Gasteiger partial charge in [0, 0.05) is 30.6 Å². The van der Waals surface area contributed by atoms with Crippen molar-refractivity contribution in [3.8, 4) is 0 Å². The van der Waals surface area contributed by atoms with Crippen LogP contribution in [0.25, 0.3) is 0 Å². The van der Waals surface area contributed by atoms with Crippen molar-refractivity contribution < 1.29 is 0 Å². The van der Waals surface area contributed by atoms with Crippen LogP contribution in [0.2, 0.25) is 0 Å². The second-order valence-electron chi connectivity index (χ2n) is 6.02. The van der Waals surface area contributed by atoms with Gasteiger partial charge in [-0.2, -0.15) is 0 Å². The molecule has 0 aliphatic carbocycles. The number of nitrogens with zero attached hydrogens (tertiary/aromatic N) is 2. The van der Waals surface area contributed by atoms with Crippen LogP contribution < -0.4 is 5.32 Å². The lowest BCUT2D eigenvalue weighted by molar-refractivity contribution is 0.194. The van der Waals surface area contributed by atoms with Crippen molar-refractivity contribution in [2.45, 2.75) is 52.5 Å². The maximum atomic E-state index is 4.57. The molecule has 1 aliphatic heterocycles. The maximum Gasteiger partial charge on any atom is 0.0940 e. The highest BCUT2D eigenvalue weighted by Crippen LogP contribution is 2.18. The summed E-state index contributed by atoms with van der Waals surface area (Å²) in [4.78, 5) is 8.54. The zero-order valence-electron chi connectivity index (χ0n) is 13.0. The molecule has 2 heterocycles. The van der Waals surface area contributed by atoms with Gasteiger partial charge in [-0.05, 0) is 44.8 Å². The van der Waals surface area contributed by atoms with Crippen molar-refractivity contribution >= 4 is 11.3 Å².